The van der Waals surface area contributed by atoms with Crippen LogP contribution in [0.3, 0.4) is 0 Å². The van der Waals surface area contributed by atoms with Crippen molar-refractivity contribution in [1.29, 1.82) is 0 Å². The molecule has 0 aliphatic heterocycles. The van der Waals surface area contributed by atoms with Crippen LogP contribution in [0.5, 0.6) is 0 Å². The molecule has 0 radical (unpaired) electrons. The number of rotatable bonds is 6. The van der Waals surface area contributed by atoms with Gasteiger partial charge in [0.25, 0.3) is 0 Å². The Morgan fingerprint density at radius 1 is 0.952 bits per heavy atom. The molecule has 0 aliphatic carbocycles. The largest absolute Gasteiger partial charge is 0.367 e. The van der Waals surface area contributed by atoms with Crippen molar-refractivity contribution in [2.75, 3.05) is 18.0 Å². The zero-order valence-corrected chi connectivity index (χ0v) is 11.5. The Kier molecular flexibility index (Phi) is 5.22. The van der Waals surface area contributed by atoms with E-state index in [1.807, 2.05) is 4.90 Å². The Hall–Kier alpha value is -2.01. The average Bonchev–Trinajstić information content (AvgIpc) is 2.45. The van der Waals surface area contributed by atoms with E-state index in [9.17, 15) is 13.2 Å². The molecule has 2 rings (SSSR count). The summed E-state index contributed by atoms with van der Waals surface area (Å²) in [5, 5.41) is 0. The predicted molar refractivity (Wildman–Crippen MR) is 77.5 cm³/mol. The van der Waals surface area contributed by atoms with Crippen LogP contribution in [0.15, 0.2) is 42.5 Å². The van der Waals surface area contributed by atoms with Crippen LogP contribution in [0.4, 0.5) is 18.9 Å². The van der Waals surface area contributed by atoms with Crippen LogP contribution < -0.4 is 10.6 Å². The van der Waals surface area contributed by atoms with E-state index in [2.05, 4.69) is 0 Å². The monoisotopic (exact) mass is 294 g/mol. The van der Waals surface area contributed by atoms with Crippen molar-refractivity contribution in [3.05, 3.63) is 65.5 Å². The molecule has 2 aromatic rings. The number of hydrogen-bond acceptors (Lipinski definition) is 2. The first-order valence-corrected chi connectivity index (χ1v) is 6.74. The summed E-state index contributed by atoms with van der Waals surface area (Å²) in [6.45, 7) is 1.28. The quantitative estimate of drug-likeness (QED) is 0.884. The first-order valence-electron chi connectivity index (χ1n) is 6.74. The normalized spacial score (nSPS) is 10.7. The Morgan fingerprint density at radius 2 is 1.71 bits per heavy atom. The lowest BCUT2D eigenvalue weighted by atomic mass is 10.1. The van der Waals surface area contributed by atoms with Gasteiger partial charge in [-0.25, -0.2) is 13.2 Å². The second kappa shape index (κ2) is 7.13. The van der Waals surface area contributed by atoms with E-state index >= 15 is 0 Å². The van der Waals surface area contributed by atoms with Crippen molar-refractivity contribution in [3.63, 3.8) is 0 Å². The molecule has 0 saturated carbocycles. The molecule has 2 aromatic carbocycles. The van der Waals surface area contributed by atoms with Gasteiger partial charge in [0.15, 0.2) is 0 Å². The third-order valence-electron chi connectivity index (χ3n) is 3.18. The van der Waals surface area contributed by atoms with Gasteiger partial charge in [0.05, 0.1) is 0 Å². The van der Waals surface area contributed by atoms with Gasteiger partial charge < -0.3 is 10.6 Å². The van der Waals surface area contributed by atoms with E-state index in [0.29, 0.717) is 30.8 Å². The maximum absolute atomic E-state index is 13.8. The minimum absolute atomic E-state index is 0.232. The Balaban J connectivity index is 2.23. The maximum atomic E-state index is 13.8. The molecule has 0 heterocycles. The van der Waals surface area contributed by atoms with Crippen molar-refractivity contribution in [2.45, 2.75) is 13.0 Å². The van der Waals surface area contributed by atoms with E-state index in [1.54, 1.807) is 12.1 Å². The lowest BCUT2D eigenvalue weighted by Gasteiger charge is -2.25. The van der Waals surface area contributed by atoms with E-state index in [1.165, 1.54) is 24.3 Å². The second-order valence-electron chi connectivity index (χ2n) is 4.78. The fourth-order valence-corrected chi connectivity index (χ4v) is 2.11. The van der Waals surface area contributed by atoms with Crippen LogP contribution >= 0.6 is 0 Å². The van der Waals surface area contributed by atoms with Gasteiger partial charge in [-0.05, 0) is 37.2 Å². The fraction of sp³-hybridized carbons (Fsp3) is 0.250. The summed E-state index contributed by atoms with van der Waals surface area (Å²) in [6.07, 6.45) is 0.694. The molecule has 0 unspecified atom stereocenters. The van der Waals surface area contributed by atoms with Gasteiger partial charge in [-0.2, -0.15) is 0 Å². The number of nitrogens with two attached hydrogens (primary N) is 1. The molecule has 0 saturated heterocycles. The fourth-order valence-electron chi connectivity index (χ4n) is 2.11. The molecule has 0 amide bonds. The molecule has 0 aromatic heterocycles. The molecule has 0 aliphatic rings. The van der Waals surface area contributed by atoms with Gasteiger partial charge >= 0.3 is 0 Å². The Morgan fingerprint density at radius 3 is 2.38 bits per heavy atom. The van der Waals surface area contributed by atoms with Crippen LogP contribution in [0.2, 0.25) is 0 Å². The number of anilines is 1. The van der Waals surface area contributed by atoms with E-state index in [0.717, 1.165) is 6.07 Å². The minimum Gasteiger partial charge on any atom is -0.367 e. The topological polar surface area (TPSA) is 29.3 Å². The molecule has 0 fully saturated rings. The lowest BCUT2D eigenvalue weighted by Crippen LogP contribution is -2.26. The molecule has 5 heteroatoms. The zero-order valence-electron chi connectivity index (χ0n) is 11.5. The summed E-state index contributed by atoms with van der Waals surface area (Å²) < 4.78 is 40.1. The molecule has 2 N–H and O–H groups in total. The highest BCUT2D eigenvalue weighted by Crippen LogP contribution is 2.20. The van der Waals surface area contributed by atoms with Crippen LogP contribution in [0.25, 0.3) is 0 Å². The summed E-state index contributed by atoms with van der Waals surface area (Å²) in [6, 6.07) is 9.55. The van der Waals surface area contributed by atoms with Gasteiger partial charge in [-0.15, -0.1) is 0 Å². The third kappa shape index (κ3) is 4.23. The molecule has 21 heavy (non-hydrogen) atoms. The molecule has 0 atom stereocenters. The number of halogens is 3. The maximum Gasteiger partial charge on any atom is 0.131 e. The van der Waals surface area contributed by atoms with Crippen LogP contribution in [0, 0.1) is 17.5 Å². The first kappa shape index (κ1) is 15.4. The highest BCUT2D eigenvalue weighted by atomic mass is 19.1. The summed E-state index contributed by atoms with van der Waals surface area (Å²) in [5.41, 5.74) is 6.51. The van der Waals surface area contributed by atoms with Gasteiger partial charge in [0, 0.05) is 30.4 Å². The van der Waals surface area contributed by atoms with Crippen molar-refractivity contribution < 1.29 is 13.2 Å². The molecule has 2 nitrogen and oxygen atoms in total. The Labute approximate surface area is 122 Å². The highest BCUT2D eigenvalue weighted by molar-refractivity contribution is 5.47. The van der Waals surface area contributed by atoms with Crippen molar-refractivity contribution in [1.82, 2.24) is 0 Å². The van der Waals surface area contributed by atoms with Gasteiger partial charge in [0.2, 0.25) is 0 Å². The van der Waals surface area contributed by atoms with E-state index in [-0.39, 0.29) is 12.4 Å². The standard InChI is InChI=1S/C16H17F3N2/c17-13-3-1-4-15(9-13)21(8-2-7-20)11-12-5-6-14(18)10-16(12)19/h1,3-6,9-10H,2,7-8,11,20H2. The molecular formula is C16H17F3N2. The van der Waals surface area contributed by atoms with Crippen LogP contribution in [-0.2, 0) is 6.54 Å². The van der Waals surface area contributed by atoms with E-state index < -0.39 is 11.6 Å². The number of benzene rings is 2. The third-order valence-corrected chi connectivity index (χ3v) is 3.18. The van der Waals surface area contributed by atoms with Gasteiger partial charge in [-0.3, -0.25) is 0 Å². The van der Waals surface area contributed by atoms with Crippen molar-refractivity contribution >= 4 is 5.69 Å². The summed E-state index contributed by atoms with van der Waals surface area (Å²) in [5.74, 6) is -1.58. The summed E-state index contributed by atoms with van der Waals surface area (Å²) in [7, 11) is 0. The van der Waals surface area contributed by atoms with Crippen LogP contribution in [-0.4, -0.2) is 13.1 Å². The second-order valence-corrected chi connectivity index (χ2v) is 4.78. The van der Waals surface area contributed by atoms with Crippen molar-refractivity contribution in [2.24, 2.45) is 5.73 Å². The summed E-state index contributed by atoms with van der Waals surface area (Å²) >= 11 is 0. The first-order chi connectivity index (χ1) is 10.1. The lowest BCUT2D eigenvalue weighted by molar-refractivity contribution is 0.568. The minimum atomic E-state index is -0.615. The summed E-state index contributed by atoms with van der Waals surface area (Å²) in [4.78, 5) is 1.83. The zero-order chi connectivity index (χ0) is 15.2. The number of nitrogens with zero attached hydrogens (tertiary/aromatic N) is 1. The number of hydrogen-bond donors (Lipinski definition) is 1. The van der Waals surface area contributed by atoms with Gasteiger partial charge in [0.1, 0.15) is 17.5 Å². The van der Waals surface area contributed by atoms with E-state index in [4.69, 9.17) is 5.73 Å². The molecule has 0 bridgehead atoms. The van der Waals surface area contributed by atoms with Gasteiger partial charge in [-0.1, -0.05) is 12.1 Å². The SMILES string of the molecule is NCCCN(Cc1ccc(F)cc1F)c1cccc(F)c1. The highest BCUT2D eigenvalue weighted by Gasteiger charge is 2.11. The smallest absolute Gasteiger partial charge is 0.131 e. The van der Waals surface area contributed by atoms with Crippen molar-refractivity contribution in [3.8, 4) is 0 Å². The van der Waals surface area contributed by atoms with Crippen LogP contribution in [0.1, 0.15) is 12.0 Å². The average molecular weight is 294 g/mol. The molecule has 112 valence electrons. The Bertz CT molecular complexity index is 602. The molecular weight excluding hydrogens is 277 g/mol. The predicted octanol–water partition coefficient (Wildman–Crippen LogP) is 3.46. The molecule has 0 spiro atoms.